The lowest BCUT2D eigenvalue weighted by atomic mass is 9.65. The molecule has 0 aliphatic carbocycles. The summed E-state index contributed by atoms with van der Waals surface area (Å²) in [4.78, 5) is 12.7. The van der Waals surface area contributed by atoms with Crippen LogP contribution in [-0.4, -0.2) is 6.61 Å². The van der Waals surface area contributed by atoms with Crippen LogP contribution in [-0.2, 0) is 5.41 Å². The Hall–Kier alpha value is -3.27. The summed E-state index contributed by atoms with van der Waals surface area (Å²) in [6.07, 6.45) is 1.56. The molecule has 150 valence electrons. The number of benzene rings is 3. The molecule has 0 saturated carbocycles. The summed E-state index contributed by atoms with van der Waals surface area (Å²) < 4.78 is 12.2. The standard InChI is InChI=1S/C26H23NO3/c1-14-12-30-25-17(24(14)28)8-9-21-22(25)23-19(13-29-21)26(2,3)18-10-15-6-4-5-7-16(15)11-20(18)27-23/h4-12,19,23,27H,13H2,1-3H3/t19-,23-/m0/s1. The molecule has 4 aromatic rings. The molecule has 4 nitrogen and oxygen atoms in total. The molecule has 0 spiro atoms. The second kappa shape index (κ2) is 5.88. The fourth-order valence-corrected chi connectivity index (χ4v) is 5.26. The maximum absolute atomic E-state index is 12.7. The number of nitrogens with one attached hydrogen (secondary N) is 1. The van der Waals surface area contributed by atoms with Gasteiger partial charge in [-0.05, 0) is 47.5 Å². The molecular weight excluding hydrogens is 374 g/mol. The first kappa shape index (κ1) is 17.6. The van der Waals surface area contributed by atoms with E-state index >= 15 is 0 Å². The van der Waals surface area contributed by atoms with Gasteiger partial charge in [0.2, 0.25) is 0 Å². The Morgan fingerprint density at radius 3 is 2.63 bits per heavy atom. The average molecular weight is 397 g/mol. The molecule has 6 rings (SSSR count). The molecule has 0 amide bonds. The molecule has 2 aliphatic heterocycles. The quantitative estimate of drug-likeness (QED) is 0.413. The third-order valence-electron chi connectivity index (χ3n) is 7.06. The molecule has 3 aromatic carbocycles. The smallest absolute Gasteiger partial charge is 0.195 e. The number of anilines is 1. The van der Waals surface area contributed by atoms with Crippen molar-refractivity contribution >= 4 is 27.4 Å². The van der Waals surface area contributed by atoms with Gasteiger partial charge in [-0.15, -0.1) is 0 Å². The number of fused-ring (bicyclic) bond motifs is 7. The average Bonchev–Trinajstić information content (AvgIpc) is 2.74. The van der Waals surface area contributed by atoms with Crippen LogP contribution in [0.15, 0.2) is 64.0 Å². The molecule has 0 bridgehead atoms. The molecule has 0 fully saturated rings. The van der Waals surface area contributed by atoms with Crippen LogP contribution >= 0.6 is 0 Å². The van der Waals surface area contributed by atoms with Crippen LogP contribution in [0.4, 0.5) is 5.69 Å². The third-order valence-corrected chi connectivity index (χ3v) is 7.06. The van der Waals surface area contributed by atoms with Crippen molar-refractivity contribution in [3.8, 4) is 5.75 Å². The van der Waals surface area contributed by atoms with Crippen LogP contribution in [0.3, 0.4) is 0 Å². The van der Waals surface area contributed by atoms with Crippen LogP contribution in [0.5, 0.6) is 5.75 Å². The zero-order chi connectivity index (χ0) is 20.6. The van der Waals surface area contributed by atoms with Crippen molar-refractivity contribution in [1.82, 2.24) is 0 Å². The van der Waals surface area contributed by atoms with E-state index in [2.05, 4.69) is 55.6 Å². The molecule has 30 heavy (non-hydrogen) atoms. The SMILES string of the molecule is Cc1coc2c3c(ccc2c1=O)OC[C@H]1[C@@H]3Nc2cc3ccccc3cc2C1(C)C. The van der Waals surface area contributed by atoms with Crippen LogP contribution in [0.25, 0.3) is 21.7 Å². The third kappa shape index (κ3) is 2.25. The topological polar surface area (TPSA) is 51.5 Å². The zero-order valence-corrected chi connectivity index (χ0v) is 17.3. The van der Waals surface area contributed by atoms with Gasteiger partial charge in [-0.25, -0.2) is 0 Å². The van der Waals surface area contributed by atoms with Crippen LogP contribution in [0.2, 0.25) is 0 Å². The van der Waals surface area contributed by atoms with Gasteiger partial charge >= 0.3 is 0 Å². The van der Waals surface area contributed by atoms with Crippen molar-refractivity contribution in [2.45, 2.75) is 32.2 Å². The van der Waals surface area contributed by atoms with E-state index < -0.39 is 0 Å². The van der Waals surface area contributed by atoms with E-state index in [1.165, 1.54) is 16.3 Å². The molecule has 2 aliphatic rings. The molecule has 1 N–H and O–H groups in total. The molecule has 1 aromatic heterocycles. The van der Waals surface area contributed by atoms with Crippen molar-refractivity contribution < 1.29 is 9.15 Å². The summed E-state index contributed by atoms with van der Waals surface area (Å²) in [5.41, 5.74) is 4.54. The second-order valence-electron chi connectivity index (χ2n) is 9.11. The molecule has 2 atom stereocenters. The summed E-state index contributed by atoms with van der Waals surface area (Å²) in [6, 6.07) is 16.7. The van der Waals surface area contributed by atoms with Crippen molar-refractivity contribution in [1.29, 1.82) is 0 Å². The minimum Gasteiger partial charge on any atom is -0.493 e. The highest BCUT2D eigenvalue weighted by molar-refractivity contribution is 5.89. The Kier molecular flexibility index (Phi) is 3.45. The van der Waals surface area contributed by atoms with E-state index in [0.717, 1.165) is 17.0 Å². The monoisotopic (exact) mass is 397 g/mol. The van der Waals surface area contributed by atoms with E-state index in [0.29, 0.717) is 23.1 Å². The molecular formula is C26H23NO3. The van der Waals surface area contributed by atoms with Gasteiger partial charge in [-0.1, -0.05) is 38.1 Å². The predicted octanol–water partition coefficient (Wildman–Crippen LogP) is 5.71. The lowest BCUT2D eigenvalue weighted by Gasteiger charge is -2.48. The van der Waals surface area contributed by atoms with Crippen molar-refractivity contribution in [2.75, 3.05) is 11.9 Å². The Morgan fingerprint density at radius 2 is 1.83 bits per heavy atom. The highest BCUT2D eigenvalue weighted by Gasteiger charge is 2.47. The Morgan fingerprint density at radius 1 is 1.07 bits per heavy atom. The van der Waals surface area contributed by atoms with Crippen molar-refractivity contribution in [2.24, 2.45) is 5.92 Å². The number of aryl methyl sites for hydroxylation is 1. The van der Waals surface area contributed by atoms with Crippen LogP contribution < -0.4 is 15.5 Å². The summed E-state index contributed by atoms with van der Waals surface area (Å²) in [6.45, 7) is 6.98. The van der Waals surface area contributed by atoms with Gasteiger partial charge in [0.05, 0.1) is 29.9 Å². The van der Waals surface area contributed by atoms with Crippen LogP contribution in [0, 0.1) is 12.8 Å². The normalized spacial score (nSPS) is 21.3. The second-order valence-corrected chi connectivity index (χ2v) is 9.11. The lowest BCUT2D eigenvalue weighted by Crippen LogP contribution is -2.46. The summed E-state index contributed by atoms with van der Waals surface area (Å²) in [7, 11) is 0. The highest BCUT2D eigenvalue weighted by Crippen LogP contribution is 2.53. The number of hydrogen-bond acceptors (Lipinski definition) is 4. The maximum atomic E-state index is 12.7. The minimum atomic E-state index is -0.111. The first-order chi connectivity index (χ1) is 14.4. The largest absolute Gasteiger partial charge is 0.493 e. The Bertz CT molecular complexity index is 1400. The van der Waals surface area contributed by atoms with Crippen molar-refractivity contribution in [3.63, 3.8) is 0 Å². The molecule has 4 heteroatoms. The Balaban J connectivity index is 1.61. The fraction of sp³-hybridized carbons (Fsp3) is 0.269. The van der Waals surface area contributed by atoms with Gasteiger partial charge in [0.25, 0.3) is 0 Å². The molecule has 0 saturated heterocycles. The number of ether oxygens (including phenoxy) is 1. The van der Waals surface area contributed by atoms with Gasteiger partial charge in [-0.3, -0.25) is 4.79 Å². The van der Waals surface area contributed by atoms with Gasteiger partial charge in [0.1, 0.15) is 11.3 Å². The maximum Gasteiger partial charge on any atom is 0.195 e. The molecule has 0 unspecified atom stereocenters. The van der Waals surface area contributed by atoms with Gasteiger partial charge in [0.15, 0.2) is 5.43 Å². The lowest BCUT2D eigenvalue weighted by molar-refractivity contribution is 0.136. The van der Waals surface area contributed by atoms with Gasteiger partial charge in [-0.2, -0.15) is 0 Å². The van der Waals surface area contributed by atoms with E-state index in [4.69, 9.17) is 9.15 Å². The first-order valence-electron chi connectivity index (χ1n) is 10.4. The molecule has 3 heterocycles. The summed E-state index contributed by atoms with van der Waals surface area (Å²) in [5.74, 6) is 0.999. The zero-order valence-electron chi connectivity index (χ0n) is 17.3. The first-order valence-corrected chi connectivity index (χ1v) is 10.4. The van der Waals surface area contributed by atoms with Crippen LogP contribution in [0.1, 0.15) is 36.6 Å². The highest BCUT2D eigenvalue weighted by atomic mass is 16.5. The van der Waals surface area contributed by atoms with Gasteiger partial charge in [0, 0.05) is 22.6 Å². The van der Waals surface area contributed by atoms with E-state index in [-0.39, 0.29) is 22.8 Å². The predicted molar refractivity (Wildman–Crippen MR) is 120 cm³/mol. The van der Waals surface area contributed by atoms with E-state index in [1.807, 2.05) is 12.1 Å². The Labute approximate surface area is 174 Å². The number of rotatable bonds is 0. The molecule has 0 radical (unpaired) electrons. The van der Waals surface area contributed by atoms with Gasteiger partial charge < -0.3 is 14.5 Å². The minimum absolute atomic E-state index is 0.00645. The number of hydrogen-bond donors (Lipinski definition) is 1. The summed E-state index contributed by atoms with van der Waals surface area (Å²) in [5, 5.41) is 6.86. The van der Waals surface area contributed by atoms with Crippen molar-refractivity contribution in [3.05, 3.63) is 81.7 Å². The fourth-order valence-electron chi connectivity index (χ4n) is 5.26. The van der Waals surface area contributed by atoms with E-state index in [1.54, 1.807) is 13.2 Å². The summed E-state index contributed by atoms with van der Waals surface area (Å²) >= 11 is 0. The van der Waals surface area contributed by atoms with E-state index in [9.17, 15) is 4.79 Å².